The van der Waals surface area contributed by atoms with Crippen molar-refractivity contribution < 1.29 is 4.39 Å². The number of hydrogen-bond donors (Lipinski definition) is 1. The third-order valence-electron chi connectivity index (χ3n) is 1.62. The van der Waals surface area contributed by atoms with Crippen LogP contribution >= 0.6 is 12.4 Å². The van der Waals surface area contributed by atoms with Gasteiger partial charge >= 0.3 is 0 Å². The van der Waals surface area contributed by atoms with E-state index in [4.69, 9.17) is 11.0 Å². The first-order valence-corrected chi connectivity index (χ1v) is 3.62. The summed E-state index contributed by atoms with van der Waals surface area (Å²) in [5.41, 5.74) is 5.95. The van der Waals surface area contributed by atoms with Crippen molar-refractivity contribution in [3.05, 3.63) is 35.6 Å². The smallest absolute Gasteiger partial charge is 0.128 e. The van der Waals surface area contributed by atoms with Gasteiger partial charge in [-0.2, -0.15) is 5.26 Å². The highest BCUT2D eigenvalue weighted by Crippen LogP contribution is 2.16. The van der Waals surface area contributed by atoms with Gasteiger partial charge in [-0.05, 0) is 6.07 Å². The molecule has 0 spiro atoms. The molecular formula is C9H10ClFN2. The molecule has 0 bridgehead atoms. The number of benzene rings is 1. The molecule has 0 saturated carbocycles. The molecule has 70 valence electrons. The van der Waals surface area contributed by atoms with Gasteiger partial charge in [-0.1, -0.05) is 18.2 Å². The van der Waals surface area contributed by atoms with E-state index in [1.807, 2.05) is 6.07 Å². The molecular weight excluding hydrogens is 191 g/mol. The first-order chi connectivity index (χ1) is 5.75. The quantitative estimate of drug-likeness (QED) is 0.796. The molecule has 0 amide bonds. The molecule has 2 N–H and O–H groups in total. The summed E-state index contributed by atoms with van der Waals surface area (Å²) in [5, 5.41) is 8.34. The fraction of sp³-hybridized carbons (Fsp3) is 0.222. The van der Waals surface area contributed by atoms with E-state index in [1.54, 1.807) is 18.2 Å². The normalized spacial score (nSPS) is 11.2. The number of nitrogens with zero attached hydrogens (tertiary/aromatic N) is 1. The third-order valence-corrected chi connectivity index (χ3v) is 1.62. The predicted molar refractivity (Wildman–Crippen MR) is 50.8 cm³/mol. The zero-order valence-corrected chi connectivity index (χ0v) is 7.72. The molecule has 0 radical (unpaired) electrons. The second-order valence-electron chi connectivity index (χ2n) is 2.49. The summed E-state index contributed by atoms with van der Waals surface area (Å²) >= 11 is 0. The Bertz CT molecular complexity index is 309. The van der Waals surface area contributed by atoms with E-state index < -0.39 is 6.04 Å². The zero-order chi connectivity index (χ0) is 8.97. The van der Waals surface area contributed by atoms with Gasteiger partial charge in [0.2, 0.25) is 0 Å². The number of halogens is 2. The minimum atomic E-state index is -0.517. The van der Waals surface area contributed by atoms with E-state index in [0.29, 0.717) is 5.56 Å². The number of rotatable bonds is 2. The van der Waals surface area contributed by atoms with Gasteiger partial charge in [0.05, 0.1) is 12.5 Å². The average molecular weight is 201 g/mol. The van der Waals surface area contributed by atoms with Crippen molar-refractivity contribution in [2.24, 2.45) is 5.73 Å². The fourth-order valence-corrected chi connectivity index (χ4v) is 0.984. The Morgan fingerprint density at radius 2 is 2.08 bits per heavy atom. The van der Waals surface area contributed by atoms with Crippen LogP contribution in [-0.4, -0.2) is 0 Å². The minimum absolute atomic E-state index is 0. The Morgan fingerprint density at radius 3 is 2.62 bits per heavy atom. The van der Waals surface area contributed by atoms with Gasteiger partial charge < -0.3 is 5.73 Å². The number of nitriles is 1. The van der Waals surface area contributed by atoms with Crippen LogP contribution in [0.1, 0.15) is 18.0 Å². The van der Waals surface area contributed by atoms with Gasteiger partial charge in [0.15, 0.2) is 0 Å². The monoisotopic (exact) mass is 200 g/mol. The van der Waals surface area contributed by atoms with E-state index in [9.17, 15) is 4.39 Å². The summed E-state index contributed by atoms with van der Waals surface area (Å²) in [6.07, 6.45) is 0.140. The van der Waals surface area contributed by atoms with Crippen LogP contribution in [0.2, 0.25) is 0 Å². The van der Waals surface area contributed by atoms with Crippen LogP contribution in [-0.2, 0) is 0 Å². The lowest BCUT2D eigenvalue weighted by molar-refractivity contribution is 0.585. The second-order valence-corrected chi connectivity index (χ2v) is 2.49. The van der Waals surface area contributed by atoms with Gasteiger partial charge in [-0.25, -0.2) is 4.39 Å². The highest BCUT2D eigenvalue weighted by Gasteiger charge is 2.08. The van der Waals surface area contributed by atoms with Gasteiger partial charge in [0, 0.05) is 11.6 Å². The Balaban J connectivity index is 0.00000144. The van der Waals surface area contributed by atoms with Crippen LogP contribution < -0.4 is 5.73 Å². The molecule has 4 heteroatoms. The molecule has 0 saturated heterocycles. The molecule has 1 atom stereocenters. The van der Waals surface area contributed by atoms with E-state index in [1.165, 1.54) is 6.07 Å². The van der Waals surface area contributed by atoms with Crippen LogP contribution in [0.15, 0.2) is 24.3 Å². The molecule has 0 unspecified atom stereocenters. The topological polar surface area (TPSA) is 49.8 Å². The molecule has 0 aliphatic heterocycles. The summed E-state index contributed by atoms with van der Waals surface area (Å²) < 4.78 is 13.0. The third kappa shape index (κ3) is 3.02. The summed E-state index contributed by atoms with van der Waals surface area (Å²) in [7, 11) is 0. The van der Waals surface area contributed by atoms with E-state index in [0.717, 1.165) is 0 Å². The molecule has 1 aromatic rings. The van der Waals surface area contributed by atoms with Crippen molar-refractivity contribution in [1.29, 1.82) is 5.26 Å². The van der Waals surface area contributed by atoms with Crippen molar-refractivity contribution in [3.63, 3.8) is 0 Å². The first kappa shape index (κ1) is 11.9. The molecule has 0 aliphatic carbocycles. The largest absolute Gasteiger partial charge is 0.323 e. The molecule has 1 aromatic carbocycles. The molecule has 0 aromatic heterocycles. The molecule has 13 heavy (non-hydrogen) atoms. The van der Waals surface area contributed by atoms with Gasteiger partial charge in [0.25, 0.3) is 0 Å². The van der Waals surface area contributed by atoms with Crippen LogP contribution in [0.4, 0.5) is 4.39 Å². The average Bonchev–Trinajstić information content (AvgIpc) is 2.05. The number of nitrogens with two attached hydrogens (primary N) is 1. The van der Waals surface area contributed by atoms with E-state index >= 15 is 0 Å². The van der Waals surface area contributed by atoms with Crippen molar-refractivity contribution in [2.75, 3.05) is 0 Å². The van der Waals surface area contributed by atoms with Crippen LogP contribution in [0.3, 0.4) is 0 Å². The summed E-state index contributed by atoms with van der Waals surface area (Å²) in [5.74, 6) is -0.347. The summed E-state index contributed by atoms with van der Waals surface area (Å²) in [6.45, 7) is 0. The standard InChI is InChI=1S/C9H9FN2.ClH/c10-8-4-2-1-3-7(8)9(12)5-6-11;/h1-4,9H,5,12H2;1H/t9-;/m1./s1. The van der Waals surface area contributed by atoms with Gasteiger partial charge in [-0.3, -0.25) is 0 Å². The lowest BCUT2D eigenvalue weighted by Gasteiger charge is -2.07. The maximum atomic E-state index is 13.0. The SMILES string of the molecule is Cl.N#CC[C@@H](N)c1ccccc1F. The highest BCUT2D eigenvalue weighted by molar-refractivity contribution is 5.85. The highest BCUT2D eigenvalue weighted by atomic mass is 35.5. The minimum Gasteiger partial charge on any atom is -0.323 e. The Labute approximate surface area is 82.6 Å². The van der Waals surface area contributed by atoms with Crippen molar-refractivity contribution in [2.45, 2.75) is 12.5 Å². The van der Waals surface area contributed by atoms with Crippen LogP contribution in [0.5, 0.6) is 0 Å². The maximum Gasteiger partial charge on any atom is 0.128 e. The summed E-state index contributed by atoms with van der Waals surface area (Å²) in [6, 6.07) is 7.62. The lowest BCUT2D eigenvalue weighted by Crippen LogP contribution is -2.10. The molecule has 2 nitrogen and oxygen atoms in total. The molecule has 0 heterocycles. The maximum absolute atomic E-state index is 13.0. The molecule has 0 fully saturated rings. The summed E-state index contributed by atoms with van der Waals surface area (Å²) in [4.78, 5) is 0. The molecule has 0 aliphatic rings. The Kier molecular flexibility index (Phi) is 5.05. The van der Waals surface area contributed by atoms with Crippen LogP contribution in [0.25, 0.3) is 0 Å². The van der Waals surface area contributed by atoms with E-state index in [-0.39, 0.29) is 24.6 Å². The molecule has 1 rings (SSSR count). The van der Waals surface area contributed by atoms with Gasteiger partial charge in [0.1, 0.15) is 5.82 Å². The lowest BCUT2D eigenvalue weighted by atomic mass is 10.1. The first-order valence-electron chi connectivity index (χ1n) is 3.62. The van der Waals surface area contributed by atoms with Crippen molar-refractivity contribution >= 4 is 12.4 Å². The Hall–Kier alpha value is -1.11. The van der Waals surface area contributed by atoms with E-state index in [2.05, 4.69) is 0 Å². The second kappa shape index (κ2) is 5.52. The van der Waals surface area contributed by atoms with Crippen molar-refractivity contribution in [1.82, 2.24) is 0 Å². The zero-order valence-electron chi connectivity index (χ0n) is 6.90. The van der Waals surface area contributed by atoms with Crippen LogP contribution in [0, 0.1) is 17.1 Å². The fourth-order valence-electron chi connectivity index (χ4n) is 0.984. The van der Waals surface area contributed by atoms with Crippen molar-refractivity contribution in [3.8, 4) is 6.07 Å². The number of hydrogen-bond acceptors (Lipinski definition) is 2. The Morgan fingerprint density at radius 1 is 1.46 bits per heavy atom. The van der Waals surface area contributed by atoms with Gasteiger partial charge in [-0.15, -0.1) is 12.4 Å². The predicted octanol–water partition coefficient (Wildman–Crippen LogP) is 2.16.